The van der Waals surface area contributed by atoms with Gasteiger partial charge in [0.1, 0.15) is 0 Å². The number of nitrogens with one attached hydrogen (secondary N) is 1. The molecule has 1 amide bonds. The summed E-state index contributed by atoms with van der Waals surface area (Å²) in [5.41, 5.74) is 2.98. The van der Waals surface area contributed by atoms with Gasteiger partial charge in [0.25, 0.3) is 5.91 Å². The van der Waals surface area contributed by atoms with Crippen LogP contribution in [0.25, 0.3) is 0 Å². The van der Waals surface area contributed by atoms with E-state index in [1.165, 1.54) is 0 Å². The number of hydrogen-bond donors (Lipinski definition) is 2. The Labute approximate surface area is 64.9 Å². The zero-order chi connectivity index (χ0) is 7.84. The number of carbonyl (C=O) groups is 1. The van der Waals surface area contributed by atoms with Crippen LogP contribution in [0.5, 0.6) is 0 Å². The maximum absolute atomic E-state index is 11.1. The lowest BCUT2D eigenvalue weighted by Crippen LogP contribution is -2.32. The SMILES string of the molecule is NNC(=O)C1=CC2C=CC1C2. The molecule has 2 bridgehead atoms. The number of allylic oxidation sites excluding steroid dienone is 3. The number of fused-ring (bicyclic) bond motifs is 2. The molecule has 58 valence electrons. The van der Waals surface area contributed by atoms with E-state index < -0.39 is 0 Å². The summed E-state index contributed by atoms with van der Waals surface area (Å²) >= 11 is 0. The van der Waals surface area contributed by atoms with E-state index in [1.807, 2.05) is 6.08 Å². The second-order valence-electron chi connectivity index (χ2n) is 2.99. The molecule has 0 fully saturated rings. The van der Waals surface area contributed by atoms with Crippen LogP contribution < -0.4 is 11.3 Å². The molecular weight excluding hydrogens is 140 g/mol. The highest BCUT2D eigenvalue weighted by Gasteiger charge is 2.31. The van der Waals surface area contributed by atoms with Gasteiger partial charge in [-0.15, -0.1) is 0 Å². The molecule has 0 aromatic heterocycles. The fourth-order valence-electron chi connectivity index (χ4n) is 1.76. The van der Waals surface area contributed by atoms with Crippen molar-refractivity contribution >= 4 is 5.91 Å². The van der Waals surface area contributed by atoms with Gasteiger partial charge in [-0.1, -0.05) is 18.2 Å². The Balaban J connectivity index is 2.19. The lowest BCUT2D eigenvalue weighted by Gasteiger charge is -2.06. The van der Waals surface area contributed by atoms with Gasteiger partial charge in [0, 0.05) is 11.5 Å². The van der Waals surface area contributed by atoms with Crippen molar-refractivity contribution in [1.29, 1.82) is 0 Å². The molecule has 0 aromatic rings. The first-order chi connectivity index (χ1) is 5.31. The van der Waals surface area contributed by atoms with Crippen LogP contribution in [-0.4, -0.2) is 5.91 Å². The monoisotopic (exact) mass is 150 g/mol. The molecule has 0 aromatic carbocycles. The smallest absolute Gasteiger partial charge is 0.261 e. The third-order valence-electron chi connectivity index (χ3n) is 2.30. The molecule has 2 aliphatic rings. The summed E-state index contributed by atoms with van der Waals surface area (Å²) in [6.45, 7) is 0. The summed E-state index contributed by atoms with van der Waals surface area (Å²) in [6, 6.07) is 0. The van der Waals surface area contributed by atoms with Gasteiger partial charge < -0.3 is 0 Å². The summed E-state index contributed by atoms with van der Waals surface area (Å²) in [6.07, 6.45) is 7.27. The summed E-state index contributed by atoms with van der Waals surface area (Å²) in [4.78, 5) is 11.1. The molecule has 0 saturated carbocycles. The summed E-state index contributed by atoms with van der Waals surface area (Å²) in [5.74, 6) is 5.68. The normalized spacial score (nSPS) is 32.3. The highest BCUT2D eigenvalue weighted by molar-refractivity contribution is 5.94. The van der Waals surface area contributed by atoms with E-state index in [1.54, 1.807) is 0 Å². The third-order valence-corrected chi connectivity index (χ3v) is 2.30. The molecule has 2 unspecified atom stereocenters. The topological polar surface area (TPSA) is 55.1 Å². The van der Waals surface area contributed by atoms with Crippen LogP contribution in [0.4, 0.5) is 0 Å². The summed E-state index contributed by atoms with van der Waals surface area (Å²) < 4.78 is 0. The van der Waals surface area contributed by atoms with Gasteiger partial charge in [-0.05, 0) is 12.3 Å². The number of hydrazine groups is 1. The second-order valence-corrected chi connectivity index (χ2v) is 2.99. The van der Waals surface area contributed by atoms with Gasteiger partial charge >= 0.3 is 0 Å². The Morgan fingerprint density at radius 1 is 1.64 bits per heavy atom. The predicted molar refractivity (Wildman–Crippen MR) is 41.2 cm³/mol. The van der Waals surface area contributed by atoms with E-state index in [0.29, 0.717) is 11.8 Å². The zero-order valence-electron chi connectivity index (χ0n) is 6.08. The minimum Gasteiger partial charge on any atom is -0.290 e. The minimum absolute atomic E-state index is 0.137. The Hall–Kier alpha value is -1.09. The molecule has 2 rings (SSSR count). The average Bonchev–Trinajstić information content (AvgIpc) is 2.62. The first-order valence-electron chi connectivity index (χ1n) is 3.72. The fraction of sp³-hybridized carbons (Fsp3) is 0.375. The first kappa shape index (κ1) is 6.61. The molecule has 0 heterocycles. The van der Waals surface area contributed by atoms with Crippen molar-refractivity contribution in [3.8, 4) is 0 Å². The van der Waals surface area contributed by atoms with Crippen LogP contribution in [0.15, 0.2) is 23.8 Å². The summed E-state index contributed by atoms with van der Waals surface area (Å²) in [7, 11) is 0. The Kier molecular flexibility index (Phi) is 1.32. The van der Waals surface area contributed by atoms with Gasteiger partial charge in [-0.2, -0.15) is 0 Å². The molecule has 0 saturated heterocycles. The third kappa shape index (κ3) is 0.886. The van der Waals surface area contributed by atoms with Crippen LogP contribution in [0.2, 0.25) is 0 Å². The van der Waals surface area contributed by atoms with Gasteiger partial charge in [0.15, 0.2) is 0 Å². The van der Waals surface area contributed by atoms with E-state index in [4.69, 9.17) is 5.84 Å². The zero-order valence-corrected chi connectivity index (χ0v) is 6.08. The maximum atomic E-state index is 11.1. The Bertz CT molecular complexity index is 255. The van der Waals surface area contributed by atoms with Crippen molar-refractivity contribution in [3.05, 3.63) is 23.8 Å². The molecular formula is C8H10N2O. The van der Waals surface area contributed by atoms with Crippen molar-refractivity contribution in [2.75, 3.05) is 0 Å². The van der Waals surface area contributed by atoms with Crippen LogP contribution in [-0.2, 0) is 4.79 Å². The quantitative estimate of drug-likeness (QED) is 0.241. The lowest BCUT2D eigenvalue weighted by atomic mass is 10.0. The molecule has 11 heavy (non-hydrogen) atoms. The van der Waals surface area contributed by atoms with Gasteiger partial charge in [0.2, 0.25) is 0 Å². The standard InChI is InChI=1S/C8H10N2O/c9-10-8(11)7-4-5-1-2-6(7)3-5/h1-2,4-6H,3,9H2,(H,10,11). The minimum atomic E-state index is -0.137. The molecule has 0 spiro atoms. The molecule has 2 atom stereocenters. The Morgan fingerprint density at radius 2 is 2.45 bits per heavy atom. The van der Waals surface area contributed by atoms with Crippen molar-refractivity contribution in [2.45, 2.75) is 6.42 Å². The highest BCUT2D eigenvalue weighted by Crippen LogP contribution is 2.37. The van der Waals surface area contributed by atoms with Crippen LogP contribution >= 0.6 is 0 Å². The largest absolute Gasteiger partial charge is 0.290 e. The number of amides is 1. The average molecular weight is 150 g/mol. The van der Waals surface area contributed by atoms with Crippen LogP contribution in [0, 0.1) is 11.8 Å². The molecule has 3 nitrogen and oxygen atoms in total. The van der Waals surface area contributed by atoms with E-state index in [-0.39, 0.29) is 5.91 Å². The van der Waals surface area contributed by atoms with Gasteiger partial charge in [0.05, 0.1) is 0 Å². The molecule has 2 aliphatic carbocycles. The highest BCUT2D eigenvalue weighted by atomic mass is 16.2. The van der Waals surface area contributed by atoms with Gasteiger partial charge in [-0.25, -0.2) is 5.84 Å². The number of rotatable bonds is 1. The number of hydrogen-bond acceptors (Lipinski definition) is 2. The van der Waals surface area contributed by atoms with Crippen molar-refractivity contribution in [3.63, 3.8) is 0 Å². The number of nitrogens with two attached hydrogens (primary N) is 1. The second kappa shape index (κ2) is 2.20. The molecule has 3 N–H and O–H groups in total. The van der Waals surface area contributed by atoms with E-state index >= 15 is 0 Å². The van der Waals surface area contributed by atoms with Crippen molar-refractivity contribution in [2.24, 2.45) is 17.7 Å². The first-order valence-corrected chi connectivity index (χ1v) is 3.72. The molecule has 0 radical (unpaired) electrons. The van der Waals surface area contributed by atoms with E-state index in [9.17, 15) is 4.79 Å². The van der Waals surface area contributed by atoms with Crippen molar-refractivity contribution < 1.29 is 4.79 Å². The predicted octanol–water partition coefficient (Wildman–Crippen LogP) is 0.109. The van der Waals surface area contributed by atoms with E-state index in [0.717, 1.165) is 12.0 Å². The van der Waals surface area contributed by atoms with Gasteiger partial charge in [-0.3, -0.25) is 10.2 Å². The van der Waals surface area contributed by atoms with Crippen LogP contribution in [0.1, 0.15) is 6.42 Å². The Morgan fingerprint density at radius 3 is 2.91 bits per heavy atom. The molecule has 3 heteroatoms. The summed E-state index contributed by atoms with van der Waals surface area (Å²) in [5, 5.41) is 0. The fourth-order valence-corrected chi connectivity index (χ4v) is 1.76. The molecule has 0 aliphatic heterocycles. The maximum Gasteiger partial charge on any atom is 0.261 e. The van der Waals surface area contributed by atoms with Crippen LogP contribution in [0.3, 0.4) is 0 Å². The lowest BCUT2D eigenvalue weighted by molar-refractivity contribution is -0.117. The number of carbonyl (C=O) groups excluding carboxylic acids is 1. The van der Waals surface area contributed by atoms with Crippen molar-refractivity contribution in [1.82, 2.24) is 5.43 Å². The van der Waals surface area contributed by atoms with E-state index in [2.05, 4.69) is 17.6 Å².